The molecule has 0 saturated carbocycles. The van der Waals surface area contributed by atoms with Gasteiger partial charge in [0.25, 0.3) is 0 Å². The van der Waals surface area contributed by atoms with E-state index in [0.29, 0.717) is 12.2 Å². The van der Waals surface area contributed by atoms with E-state index in [1.807, 2.05) is 6.92 Å². The maximum atomic E-state index is 12.2. The van der Waals surface area contributed by atoms with Crippen LogP contribution >= 0.6 is 0 Å². The first-order chi connectivity index (χ1) is 9.26. The molecule has 0 spiro atoms. The van der Waals surface area contributed by atoms with E-state index in [0.717, 1.165) is 6.26 Å². The van der Waals surface area contributed by atoms with Gasteiger partial charge in [0.15, 0.2) is 0 Å². The molecular weight excluding hydrogens is 300 g/mol. The summed E-state index contributed by atoms with van der Waals surface area (Å²) in [5.74, 6) is -0.0373. The van der Waals surface area contributed by atoms with Crippen LogP contribution in [-0.2, 0) is 19.9 Å². The van der Waals surface area contributed by atoms with Crippen molar-refractivity contribution in [1.82, 2.24) is 4.72 Å². The van der Waals surface area contributed by atoms with Gasteiger partial charge in [0.2, 0.25) is 10.0 Å². The molecule has 2 N–H and O–H groups in total. The summed E-state index contributed by atoms with van der Waals surface area (Å²) in [6, 6.07) is 6.60. The number of rotatable bonds is 8. The third-order valence-corrected chi connectivity index (χ3v) is 5.08. The molecule has 20 heavy (non-hydrogen) atoms. The summed E-state index contributed by atoms with van der Waals surface area (Å²) in [7, 11) is -6.71. The first kappa shape index (κ1) is 16.9. The van der Waals surface area contributed by atoms with Crippen molar-refractivity contribution in [2.24, 2.45) is 0 Å². The van der Waals surface area contributed by atoms with Crippen molar-refractivity contribution in [3.8, 4) is 0 Å². The molecule has 0 amide bonds. The van der Waals surface area contributed by atoms with Gasteiger partial charge in [0.1, 0.15) is 14.7 Å². The second-order valence-corrected chi connectivity index (χ2v) is 8.40. The Labute approximate surface area is 120 Å². The van der Waals surface area contributed by atoms with E-state index in [2.05, 4.69) is 10.0 Å². The highest BCUT2D eigenvalue weighted by Gasteiger charge is 2.17. The Morgan fingerprint density at radius 1 is 1.10 bits per heavy atom. The van der Waals surface area contributed by atoms with Crippen LogP contribution in [0, 0.1) is 0 Å². The Kier molecular flexibility index (Phi) is 5.97. The van der Waals surface area contributed by atoms with Crippen LogP contribution in [0.5, 0.6) is 0 Å². The van der Waals surface area contributed by atoms with Crippen molar-refractivity contribution in [1.29, 1.82) is 0 Å². The van der Waals surface area contributed by atoms with Crippen LogP contribution < -0.4 is 10.0 Å². The van der Waals surface area contributed by atoms with Crippen LogP contribution in [0.3, 0.4) is 0 Å². The Bertz CT molecular complexity index is 639. The number of benzene rings is 1. The van der Waals surface area contributed by atoms with Crippen molar-refractivity contribution in [2.75, 3.05) is 30.4 Å². The molecule has 1 aromatic rings. The molecule has 0 fully saturated rings. The third-order valence-electron chi connectivity index (χ3n) is 2.53. The highest BCUT2D eigenvalue weighted by Crippen LogP contribution is 2.20. The van der Waals surface area contributed by atoms with Crippen molar-refractivity contribution in [3.05, 3.63) is 24.3 Å². The lowest BCUT2D eigenvalue weighted by Gasteiger charge is -2.12. The van der Waals surface area contributed by atoms with Crippen LogP contribution in [0.2, 0.25) is 0 Å². The van der Waals surface area contributed by atoms with Gasteiger partial charge in [-0.3, -0.25) is 0 Å². The van der Waals surface area contributed by atoms with Gasteiger partial charge in [-0.25, -0.2) is 21.6 Å². The lowest BCUT2D eigenvalue weighted by atomic mass is 10.3. The molecule has 1 aromatic carbocycles. The molecule has 0 aliphatic rings. The van der Waals surface area contributed by atoms with Crippen LogP contribution in [-0.4, -0.2) is 41.9 Å². The van der Waals surface area contributed by atoms with Gasteiger partial charge >= 0.3 is 0 Å². The minimum atomic E-state index is -3.64. The van der Waals surface area contributed by atoms with Gasteiger partial charge in [0.05, 0.1) is 11.4 Å². The van der Waals surface area contributed by atoms with E-state index in [9.17, 15) is 16.8 Å². The van der Waals surface area contributed by atoms with Gasteiger partial charge in [0, 0.05) is 19.3 Å². The number of nitrogens with one attached hydrogen (secondary N) is 2. The minimum absolute atomic E-state index is 0.0373. The van der Waals surface area contributed by atoms with E-state index in [1.54, 1.807) is 18.2 Å². The van der Waals surface area contributed by atoms with E-state index in [4.69, 9.17) is 0 Å². The van der Waals surface area contributed by atoms with Crippen molar-refractivity contribution < 1.29 is 16.8 Å². The Balaban J connectivity index is 2.74. The summed E-state index contributed by atoms with van der Waals surface area (Å²) in [6.07, 6.45) is 1.38. The number of sulfonamides is 1. The average Bonchev–Trinajstić information content (AvgIpc) is 2.35. The second kappa shape index (κ2) is 7.05. The average molecular weight is 320 g/mol. The third kappa shape index (κ3) is 5.48. The molecule has 0 heterocycles. The van der Waals surface area contributed by atoms with Crippen molar-refractivity contribution in [3.63, 3.8) is 0 Å². The van der Waals surface area contributed by atoms with E-state index in [-0.39, 0.29) is 23.6 Å². The summed E-state index contributed by atoms with van der Waals surface area (Å²) >= 11 is 0. The van der Waals surface area contributed by atoms with E-state index >= 15 is 0 Å². The Morgan fingerprint density at radius 3 is 2.35 bits per heavy atom. The van der Waals surface area contributed by atoms with Crippen molar-refractivity contribution in [2.45, 2.75) is 18.2 Å². The molecule has 6 nitrogen and oxygen atoms in total. The Hall–Kier alpha value is -1.12. The first-order valence-electron chi connectivity index (χ1n) is 6.26. The summed E-state index contributed by atoms with van der Waals surface area (Å²) in [6.45, 7) is 2.58. The molecule has 0 saturated heterocycles. The predicted octanol–water partition coefficient (Wildman–Crippen LogP) is 0.831. The quantitative estimate of drug-likeness (QED) is 0.692. The maximum Gasteiger partial charge on any atom is 0.242 e. The fourth-order valence-corrected chi connectivity index (χ4v) is 3.58. The molecule has 0 atom stereocenters. The second-order valence-electron chi connectivity index (χ2n) is 4.41. The lowest BCUT2D eigenvalue weighted by Crippen LogP contribution is -2.27. The molecule has 0 unspecified atom stereocenters. The zero-order valence-electron chi connectivity index (χ0n) is 11.6. The minimum Gasteiger partial charge on any atom is -0.384 e. The molecule has 0 aliphatic heterocycles. The van der Waals surface area contributed by atoms with Crippen molar-refractivity contribution >= 4 is 25.5 Å². The topological polar surface area (TPSA) is 92.3 Å². The van der Waals surface area contributed by atoms with Gasteiger partial charge < -0.3 is 5.32 Å². The Morgan fingerprint density at radius 2 is 1.75 bits per heavy atom. The van der Waals surface area contributed by atoms with Crippen LogP contribution in [0.1, 0.15) is 13.3 Å². The molecular formula is C12H20N2O4S2. The number of anilines is 1. The molecule has 114 valence electrons. The van der Waals surface area contributed by atoms with Gasteiger partial charge in [-0.2, -0.15) is 0 Å². The van der Waals surface area contributed by atoms with Gasteiger partial charge in [-0.1, -0.05) is 12.1 Å². The predicted molar refractivity (Wildman–Crippen MR) is 80.1 cm³/mol. The van der Waals surface area contributed by atoms with Crippen LogP contribution in [0.15, 0.2) is 29.2 Å². The monoisotopic (exact) mass is 320 g/mol. The van der Waals surface area contributed by atoms with Crippen LogP contribution in [0.4, 0.5) is 5.69 Å². The zero-order chi connectivity index (χ0) is 15.2. The smallest absolute Gasteiger partial charge is 0.242 e. The molecule has 8 heteroatoms. The summed E-state index contributed by atoms with van der Waals surface area (Å²) in [5, 5.41) is 2.98. The normalized spacial score (nSPS) is 12.3. The summed E-state index contributed by atoms with van der Waals surface area (Å²) in [4.78, 5) is 0.168. The molecule has 0 radical (unpaired) electrons. The largest absolute Gasteiger partial charge is 0.384 e. The fourth-order valence-electron chi connectivity index (χ4n) is 1.66. The number of hydrogen-bond donors (Lipinski definition) is 2. The molecule has 1 rings (SSSR count). The zero-order valence-corrected chi connectivity index (χ0v) is 13.2. The first-order valence-corrected chi connectivity index (χ1v) is 9.81. The molecule has 0 aromatic heterocycles. The summed E-state index contributed by atoms with van der Waals surface area (Å²) in [5.41, 5.74) is 0.533. The standard InChI is InChI=1S/C12H20N2O4S2/c1-3-13-11-7-4-5-8-12(11)20(17,18)14-9-6-10-19(2,15)16/h4-5,7-8,13-14H,3,6,9-10H2,1-2H3. The lowest BCUT2D eigenvalue weighted by molar-refractivity contribution is 0.577. The summed E-state index contributed by atoms with van der Waals surface area (Å²) < 4.78 is 48.7. The fraction of sp³-hybridized carbons (Fsp3) is 0.500. The van der Waals surface area contributed by atoms with Gasteiger partial charge in [-0.15, -0.1) is 0 Å². The van der Waals surface area contributed by atoms with Gasteiger partial charge in [-0.05, 0) is 25.5 Å². The maximum absolute atomic E-state index is 12.2. The van der Waals surface area contributed by atoms with E-state index in [1.165, 1.54) is 6.07 Å². The number of para-hydroxylation sites is 1. The number of hydrogen-bond acceptors (Lipinski definition) is 5. The molecule has 0 bridgehead atoms. The highest BCUT2D eigenvalue weighted by atomic mass is 32.2. The highest BCUT2D eigenvalue weighted by molar-refractivity contribution is 7.90. The van der Waals surface area contributed by atoms with Crippen LogP contribution in [0.25, 0.3) is 0 Å². The molecule has 0 aliphatic carbocycles. The SMILES string of the molecule is CCNc1ccccc1S(=O)(=O)NCCCS(C)(=O)=O. The van der Waals surface area contributed by atoms with E-state index < -0.39 is 19.9 Å². The number of sulfone groups is 1.